The van der Waals surface area contributed by atoms with Crippen molar-refractivity contribution >= 4 is 15.9 Å². The van der Waals surface area contributed by atoms with Gasteiger partial charge in [0.15, 0.2) is 0 Å². The van der Waals surface area contributed by atoms with E-state index in [4.69, 9.17) is 5.73 Å². The lowest BCUT2D eigenvalue weighted by molar-refractivity contribution is 0.608. The molecule has 0 saturated carbocycles. The Bertz CT molecular complexity index is 479. The van der Waals surface area contributed by atoms with Crippen LogP contribution in [0, 0.1) is 0 Å². The highest BCUT2D eigenvalue weighted by Gasteiger charge is 2.10. The van der Waals surface area contributed by atoms with Crippen LogP contribution >= 0.6 is 15.9 Å². The van der Waals surface area contributed by atoms with E-state index >= 15 is 0 Å². The number of nitrogens with two attached hydrogens (primary N) is 1. The van der Waals surface area contributed by atoms with Crippen LogP contribution in [0.5, 0.6) is 0 Å². The number of hydrogen-bond acceptors (Lipinski definition) is 2. The highest BCUT2D eigenvalue weighted by molar-refractivity contribution is 9.10. The predicted molar refractivity (Wildman–Crippen MR) is 68.1 cm³/mol. The molecule has 0 aliphatic rings. The van der Waals surface area contributed by atoms with E-state index in [0.29, 0.717) is 6.54 Å². The van der Waals surface area contributed by atoms with Crippen molar-refractivity contribution in [2.45, 2.75) is 19.5 Å². The third-order valence-electron chi connectivity index (χ3n) is 2.70. The first-order chi connectivity index (χ1) is 7.72. The normalized spacial score (nSPS) is 12.7. The van der Waals surface area contributed by atoms with Crippen LogP contribution in [0.15, 0.2) is 41.3 Å². The number of halogens is 1. The fourth-order valence-electron chi connectivity index (χ4n) is 1.77. The first-order valence-corrected chi connectivity index (χ1v) is 5.98. The molecule has 16 heavy (non-hydrogen) atoms. The topological polar surface area (TPSA) is 43.8 Å². The molecule has 0 aliphatic carbocycles. The van der Waals surface area contributed by atoms with Crippen LogP contribution < -0.4 is 5.73 Å². The molecule has 0 amide bonds. The Balaban J connectivity index is 2.35. The molecule has 1 unspecified atom stereocenters. The molecule has 1 heterocycles. The predicted octanol–water partition coefficient (Wildman–Crippen LogP) is 2.71. The Morgan fingerprint density at radius 3 is 3.00 bits per heavy atom. The van der Waals surface area contributed by atoms with Crippen LogP contribution in [0.4, 0.5) is 0 Å². The average molecular weight is 280 g/mol. The van der Waals surface area contributed by atoms with Crippen molar-refractivity contribution in [3.63, 3.8) is 0 Å². The van der Waals surface area contributed by atoms with E-state index in [1.54, 1.807) is 0 Å². The van der Waals surface area contributed by atoms with E-state index in [1.165, 1.54) is 5.56 Å². The van der Waals surface area contributed by atoms with Gasteiger partial charge in [0, 0.05) is 17.2 Å². The van der Waals surface area contributed by atoms with Crippen molar-refractivity contribution < 1.29 is 0 Å². The summed E-state index contributed by atoms with van der Waals surface area (Å²) in [5, 5.41) is 0. The Kier molecular flexibility index (Phi) is 3.41. The van der Waals surface area contributed by atoms with Gasteiger partial charge in [-0.2, -0.15) is 0 Å². The number of imidazole rings is 1. The quantitative estimate of drug-likeness (QED) is 0.939. The molecule has 1 aromatic carbocycles. The summed E-state index contributed by atoms with van der Waals surface area (Å²) in [7, 11) is 0. The van der Waals surface area contributed by atoms with Crippen LogP contribution in [-0.2, 0) is 6.54 Å². The molecular formula is C12H14BrN3. The van der Waals surface area contributed by atoms with Gasteiger partial charge in [0.1, 0.15) is 0 Å². The summed E-state index contributed by atoms with van der Waals surface area (Å²) in [4.78, 5) is 4.13. The maximum Gasteiger partial charge on any atom is 0.0954 e. The van der Waals surface area contributed by atoms with E-state index < -0.39 is 0 Å². The molecule has 0 bridgehead atoms. The molecule has 1 aromatic heterocycles. The fraction of sp³-hybridized carbons (Fsp3) is 0.250. The van der Waals surface area contributed by atoms with Gasteiger partial charge in [-0.05, 0) is 24.6 Å². The van der Waals surface area contributed by atoms with Crippen molar-refractivity contribution in [3.8, 4) is 0 Å². The van der Waals surface area contributed by atoms with Gasteiger partial charge in [-0.15, -0.1) is 0 Å². The lowest BCUT2D eigenvalue weighted by Crippen LogP contribution is -2.11. The van der Waals surface area contributed by atoms with E-state index in [1.807, 2.05) is 24.7 Å². The summed E-state index contributed by atoms with van der Waals surface area (Å²) in [6, 6.07) is 8.53. The van der Waals surface area contributed by atoms with Gasteiger partial charge in [-0.3, -0.25) is 0 Å². The Morgan fingerprint density at radius 1 is 1.50 bits per heavy atom. The minimum absolute atomic E-state index is 0.249. The molecule has 1 atom stereocenters. The molecule has 2 aromatic rings. The summed E-state index contributed by atoms with van der Waals surface area (Å²) in [5.74, 6) is 0. The van der Waals surface area contributed by atoms with Crippen molar-refractivity contribution in [2.75, 3.05) is 0 Å². The Labute approximate surface area is 103 Å². The summed E-state index contributed by atoms with van der Waals surface area (Å²) in [5.41, 5.74) is 7.96. The van der Waals surface area contributed by atoms with Gasteiger partial charge < -0.3 is 10.3 Å². The minimum atomic E-state index is 0.249. The number of benzene rings is 1. The van der Waals surface area contributed by atoms with E-state index in [-0.39, 0.29) is 6.04 Å². The van der Waals surface area contributed by atoms with Gasteiger partial charge in [0.2, 0.25) is 0 Å². The largest absolute Gasteiger partial charge is 0.326 e. The second-order valence-corrected chi connectivity index (χ2v) is 4.64. The zero-order chi connectivity index (χ0) is 11.5. The standard InChI is InChI=1S/C12H14BrN3/c1-9(10-3-2-4-11(13)5-10)16-8-15-7-12(16)6-14/h2-5,7-9H,6,14H2,1H3. The summed E-state index contributed by atoms with van der Waals surface area (Å²) in [6.07, 6.45) is 3.64. The van der Waals surface area contributed by atoms with Gasteiger partial charge in [-0.1, -0.05) is 28.1 Å². The highest BCUT2D eigenvalue weighted by atomic mass is 79.9. The number of aromatic nitrogens is 2. The van der Waals surface area contributed by atoms with Crippen LogP contribution in [0.25, 0.3) is 0 Å². The maximum atomic E-state index is 5.67. The van der Waals surface area contributed by atoms with E-state index in [9.17, 15) is 0 Å². The molecule has 0 fully saturated rings. The molecule has 0 saturated heterocycles. The highest BCUT2D eigenvalue weighted by Crippen LogP contribution is 2.22. The second-order valence-electron chi connectivity index (χ2n) is 3.73. The van der Waals surface area contributed by atoms with Crippen LogP contribution in [0.3, 0.4) is 0 Å². The third-order valence-corrected chi connectivity index (χ3v) is 3.20. The van der Waals surface area contributed by atoms with Crippen LogP contribution in [-0.4, -0.2) is 9.55 Å². The smallest absolute Gasteiger partial charge is 0.0954 e. The zero-order valence-electron chi connectivity index (χ0n) is 9.10. The van der Waals surface area contributed by atoms with Gasteiger partial charge in [0.05, 0.1) is 18.1 Å². The van der Waals surface area contributed by atoms with Crippen LogP contribution in [0.1, 0.15) is 24.2 Å². The van der Waals surface area contributed by atoms with E-state index in [0.717, 1.165) is 10.2 Å². The molecule has 2 rings (SSSR count). The van der Waals surface area contributed by atoms with Crippen molar-refractivity contribution in [2.24, 2.45) is 5.73 Å². The molecular weight excluding hydrogens is 266 g/mol. The number of rotatable bonds is 3. The number of nitrogens with zero attached hydrogens (tertiary/aromatic N) is 2. The summed E-state index contributed by atoms with van der Waals surface area (Å²) in [6.45, 7) is 2.65. The molecule has 0 aliphatic heterocycles. The first kappa shape index (κ1) is 11.4. The van der Waals surface area contributed by atoms with Crippen molar-refractivity contribution in [1.29, 1.82) is 0 Å². The molecule has 4 heteroatoms. The number of hydrogen-bond donors (Lipinski definition) is 1. The SMILES string of the molecule is CC(c1cccc(Br)c1)n1cncc1CN. The molecule has 2 N–H and O–H groups in total. The lowest BCUT2D eigenvalue weighted by atomic mass is 10.1. The summed E-state index contributed by atoms with van der Waals surface area (Å²) < 4.78 is 3.19. The third kappa shape index (κ3) is 2.18. The molecule has 0 spiro atoms. The maximum absolute atomic E-state index is 5.67. The Morgan fingerprint density at radius 2 is 2.31 bits per heavy atom. The van der Waals surface area contributed by atoms with Gasteiger partial charge in [-0.25, -0.2) is 4.98 Å². The Hall–Kier alpha value is -1.13. The molecule has 0 radical (unpaired) electrons. The minimum Gasteiger partial charge on any atom is -0.326 e. The monoisotopic (exact) mass is 279 g/mol. The van der Waals surface area contributed by atoms with Crippen molar-refractivity contribution in [3.05, 3.63) is 52.5 Å². The second kappa shape index (κ2) is 4.80. The zero-order valence-corrected chi connectivity index (χ0v) is 10.7. The van der Waals surface area contributed by atoms with E-state index in [2.05, 4.69) is 44.5 Å². The average Bonchev–Trinajstić information content (AvgIpc) is 2.76. The first-order valence-electron chi connectivity index (χ1n) is 5.18. The van der Waals surface area contributed by atoms with Crippen molar-refractivity contribution in [1.82, 2.24) is 9.55 Å². The molecule has 84 valence electrons. The molecule has 3 nitrogen and oxygen atoms in total. The lowest BCUT2D eigenvalue weighted by Gasteiger charge is -2.16. The van der Waals surface area contributed by atoms with Crippen LogP contribution in [0.2, 0.25) is 0 Å². The van der Waals surface area contributed by atoms with Gasteiger partial charge in [0.25, 0.3) is 0 Å². The summed E-state index contributed by atoms with van der Waals surface area (Å²) >= 11 is 3.48. The van der Waals surface area contributed by atoms with Gasteiger partial charge >= 0.3 is 0 Å². The fourth-order valence-corrected chi connectivity index (χ4v) is 2.18.